The highest BCUT2D eigenvalue weighted by Crippen LogP contribution is 2.58. The molecule has 18 heteroatoms. The van der Waals surface area contributed by atoms with Crippen LogP contribution in [0.2, 0.25) is 0 Å². The number of benzene rings is 9. The van der Waals surface area contributed by atoms with Gasteiger partial charge in [-0.05, 0) is 143 Å². The first-order chi connectivity index (χ1) is 39.8. The fourth-order valence-electron chi connectivity index (χ4n) is 7.70. The number of Topliss-reactive ketones (excluding diaryl/α,β-unsaturated/α-hetero) is 1. The highest BCUT2D eigenvalue weighted by molar-refractivity contribution is 8.13. The van der Waals surface area contributed by atoms with Crippen molar-refractivity contribution in [3.05, 3.63) is 282 Å². The van der Waals surface area contributed by atoms with Crippen molar-refractivity contribution in [3.8, 4) is 17.2 Å². The summed E-state index contributed by atoms with van der Waals surface area (Å²) in [5.74, 6) is -0.393. The summed E-state index contributed by atoms with van der Waals surface area (Å²) in [6.07, 6.45) is -13.6. The number of methoxy groups -OCH3 is 3. The summed E-state index contributed by atoms with van der Waals surface area (Å²) in [6.45, 7) is 0. The lowest BCUT2D eigenvalue weighted by molar-refractivity contribution is -0.0885. The quantitative estimate of drug-likeness (QED) is 0.0413. The van der Waals surface area contributed by atoms with E-state index in [0.717, 1.165) is 61.8 Å². The van der Waals surface area contributed by atoms with Crippen molar-refractivity contribution in [1.29, 1.82) is 0 Å². The number of halogens is 10. The number of alkyl halides is 9. The summed E-state index contributed by atoms with van der Waals surface area (Å²) in [6, 6.07) is 78.2. The second-order valence-electron chi connectivity index (χ2n) is 17.3. The van der Waals surface area contributed by atoms with Gasteiger partial charge < -0.3 is 26.6 Å². The molecule has 436 valence electrons. The van der Waals surface area contributed by atoms with Gasteiger partial charge in [0, 0.05) is 20.2 Å². The first kappa shape index (κ1) is 67.5. The predicted octanol–water partition coefficient (Wildman–Crippen LogP) is 16.0. The SMILES string of the molecule is COc1ccc(/C(=C/Sc2ccccc2)C(F)(F)F)cc1.COc1ccc(/C(=C\Sc2ccccc2)C(F)(F)F)cc1.COc1ccc(C(=O)C(F)(F)F)cc1.[Cl-].c1ccc(SC[P+](c2ccccc2)(c2ccccc2)c2ccccc2)cc1. The number of hydrogen-bond donors (Lipinski definition) is 0. The van der Waals surface area contributed by atoms with Gasteiger partial charge in [0.15, 0.2) is 0 Å². The average molecular weight is 1250 g/mol. The number of allylic oxidation sites excluding steroid dienone is 2. The smallest absolute Gasteiger partial charge is 0.454 e. The highest BCUT2D eigenvalue weighted by Gasteiger charge is 2.45. The number of hydrogen-bond acceptors (Lipinski definition) is 7. The van der Waals surface area contributed by atoms with Crippen molar-refractivity contribution >= 4 is 75.4 Å². The third-order valence-corrected chi connectivity index (χ3v) is 19.9. The molecule has 84 heavy (non-hydrogen) atoms. The van der Waals surface area contributed by atoms with E-state index in [1.165, 1.54) is 103 Å². The Bertz CT molecular complexity index is 3190. The lowest BCUT2D eigenvalue weighted by atomic mass is 10.1. The van der Waals surface area contributed by atoms with Crippen LogP contribution in [-0.4, -0.2) is 51.1 Å². The zero-order chi connectivity index (χ0) is 59.7. The van der Waals surface area contributed by atoms with Crippen molar-refractivity contribution < 1.29 is 70.9 Å². The van der Waals surface area contributed by atoms with Crippen molar-refractivity contribution in [2.45, 2.75) is 33.2 Å². The second-order valence-corrected chi connectivity index (χ2v) is 24.2. The molecule has 0 aliphatic rings. The highest BCUT2D eigenvalue weighted by atomic mass is 35.5. The molecular weight excluding hydrogens is 1190 g/mol. The fraction of sp³-hybridized carbons (Fsp3) is 0.106. The van der Waals surface area contributed by atoms with E-state index in [0.29, 0.717) is 17.2 Å². The maximum Gasteiger partial charge on any atom is 0.454 e. The fourth-order valence-corrected chi connectivity index (χ4v) is 15.8. The lowest BCUT2D eigenvalue weighted by Gasteiger charge is -2.27. The minimum atomic E-state index is -4.82. The van der Waals surface area contributed by atoms with Gasteiger partial charge in [0.2, 0.25) is 0 Å². The summed E-state index contributed by atoms with van der Waals surface area (Å²) in [5.41, 5.74) is -0.440. The molecule has 0 aliphatic heterocycles. The van der Waals surface area contributed by atoms with Crippen molar-refractivity contribution in [2.24, 2.45) is 0 Å². The second kappa shape index (κ2) is 33.2. The molecule has 0 spiro atoms. The minimum absolute atomic E-state index is 0. The molecule has 9 aromatic rings. The molecule has 0 atom stereocenters. The Kier molecular flexibility index (Phi) is 26.7. The van der Waals surface area contributed by atoms with Crippen LogP contribution in [0, 0.1) is 0 Å². The van der Waals surface area contributed by atoms with Crippen LogP contribution in [0.5, 0.6) is 17.2 Å². The van der Waals surface area contributed by atoms with E-state index in [1.807, 2.05) is 23.9 Å². The number of ketones is 1. The first-order valence-electron chi connectivity index (χ1n) is 25.1. The molecule has 0 amide bonds. The molecule has 4 nitrogen and oxygen atoms in total. The Morgan fingerprint density at radius 1 is 0.369 bits per heavy atom. The van der Waals surface area contributed by atoms with Crippen LogP contribution in [0.4, 0.5) is 39.5 Å². The van der Waals surface area contributed by atoms with E-state index in [9.17, 15) is 44.3 Å². The Labute approximate surface area is 503 Å². The summed E-state index contributed by atoms with van der Waals surface area (Å²) >= 11 is 4.06. The lowest BCUT2D eigenvalue weighted by Crippen LogP contribution is -3.00. The van der Waals surface area contributed by atoms with E-state index < -0.39 is 48.3 Å². The summed E-state index contributed by atoms with van der Waals surface area (Å²) in [4.78, 5) is 13.5. The van der Waals surface area contributed by atoms with Gasteiger partial charge in [-0.15, -0.1) is 0 Å². The molecule has 0 saturated carbocycles. The number of carbonyl (C=O) groups excluding carboxylic acids is 1. The van der Waals surface area contributed by atoms with Crippen molar-refractivity contribution in [1.82, 2.24) is 0 Å². The molecule has 0 saturated heterocycles. The zero-order valence-corrected chi connectivity index (χ0v) is 49.3. The average Bonchev–Trinajstić information content (AvgIpc) is 3.47. The third kappa shape index (κ3) is 20.5. The van der Waals surface area contributed by atoms with Crippen LogP contribution >= 0.6 is 42.5 Å². The molecule has 0 radical (unpaired) electrons. The molecule has 9 aromatic carbocycles. The zero-order valence-electron chi connectivity index (χ0n) is 45.2. The van der Waals surface area contributed by atoms with Crippen LogP contribution in [-0.2, 0) is 0 Å². The summed E-state index contributed by atoms with van der Waals surface area (Å²) in [5, 5.41) is 6.58. The Morgan fingerprint density at radius 2 is 0.631 bits per heavy atom. The van der Waals surface area contributed by atoms with Gasteiger partial charge in [-0.2, -0.15) is 39.5 Å². The van der Waals surface area contributed by atoms with Crippen molar-refractivity contribution in [3.63, 3.8) is 0 Å². The van der Waals surface area contributed by atoms with E-state index >= 15 is 0 Å². The molecule has 0 N–H and O–H groups in total. The van der Waals surface area contributed by atoms with Crippen LogP contribution in [0.3, 0.4) is 0 Å². The largest absolute Gasteiger partial charge is 1.00 e. The third-order valence-electron chi connectivity index (χ3n) is 11.9. The minimum Gasteiger partial charge on any atom is -1.00 e. The van der Waals surface area contributed by atoms with E-state index in [-0.39, 0.29) is 23.5 Å². The Morgan fingerprint density at radius 3 is 0.893 bits per heavy atom. The first-order valence-corrected chi connectivity index (χ1v) is 29.8. The normalized spacial score (nSPS) is 11.6. The maximum atomic E-state index is 13.2. The number of carbonyl (C=O) groups is 1. The maximum absolute atomic E-state index is 13.2. The van der Waals surface area contributed by atoms with Crippen LogP contribution in [0.25, 0.3) is 11.1 Å². The monoisotopic (exact) mass is 1240 g/mol. The van der Waals surface area contributed by atoms with Gasteiger partial charge in [-0.1, -0.05) is 169 Å². The molecule has 0 heterocycles. The Balaban J connectivity index is 0.000000209. The van der Waals surface area contributed by atoms with Crippen molar-refractivity contribution in [2.75, 3.05) is 26.8 Å². The van der Waals surface area contributed by atoms with Gasteiger partial charge in [-0.3, -0.25) is 4.79 Å². The van der Waals surface area contributed by atoms with Gasteiger partial charge >= 0.3 is 18.5 Å². The van der Waals surface area contributed by atoms with E-state index in [1.54, 1.807) is 48.5 Å². The molecule has 0 aliphatic carbocycles. The van der Waals surface area contributed by atoms with Gasteiger partial charge in [-0.25, -0.2) is 0 Å². The van der Waals surface area contributed by atoms with Crippen LogP contribution < -0.4 is 42.5 Å². The number of thioether (sulfide) groups is 3. The van der Waals surface area contributed by atoms with Gasteiger partial charge in [0.05, 0.1) is 32.5 Å². The number of ether oxygens (including phenoxy) is 3. The molecule has 0 unspecified atom stereocenters. The molecule has 0 bridgehead atoms. The summed E-state index contributed by atoms with van der Waals surface area (Å²) < 4.78 is 130. The standard InChI is InChI=1S/C25H22PS.2C16H13F3OS.C9H7F3O2.ClH/c1-5-13-22(14-6-1)26(23-15-7-2-8-16-23,24-17-9-3-10-18-24)21-27-25-19-11-4-12-20-25;2*1-20-13-9-7-12(8-10-13)15(16(17,18)19)11-21-14-5-3-2-4-6-14;1-14-7-4-2-6(3-5-7)8(13)9(10,11)12;/h1-20H,21H2;2*2-11H,1H3;2-5H,1H3;1H/q+1;;;;/p-1/b;15-11+;15-11-;;. The predicted molar refractivity (Wildman–Crippen MR) is 324 cm³/mol. The van der Waals surface area contributed by atoms with Crippen LogP contribution in [0.15, 0.2) is 280 Å². The van der Waals surface area contributed by atoms with Gasteiger partial charge in [0.1, 0.15) is 45.9 Å². The molecule has 0 fully saturated rings. The van der Waals surface area contributed by atoms with E-state index in [2.05, 4.69) is 121 Å². The summed E-state index contributed by atoms with van der Waals surface area (Å²) in [7, 11) is 2.58. The molecule has 0 aromatic heterocycles. The Hall–Kier alpha value is -7.33. The van der Waals surface area contributed by atoms with Crippen LogP contribution in [0.1, 0.15) is 21.5 Å². The topological polar surface area (TPSA) is 44.8 Å². The van der Waals surface area contributed by atoms with Gasteiger partial charge in [0.25, 0.3) is 5.78 Å². The molecular formula is C66H55ClF9O4PS3. The number of rotatable bonds is 16. The molecule has 9 rings (SSSR count). The van der Waals surface area contributed by atoms with E-state index in [4.69, 9.17) is 14.2 Å².